The Hall–Kier alpha value is -2.10. The summed E-state index contributed by atoms with van der Waals surface area (Å²) >= 11 is 0. The lowest BCUT2D eigenvalue weighted by Gasteiger charge is -2.29. The topological polar surface area (TPSA) is 52.6 Å². The molecular weight excluding hydrogens is 304 g/mol. The fourth-order valence-corrected chi connectivity index (χ4v) is 3.32. The summed E-state index contributed by atoms with van der Waals surface area (Å²) in [5.74, 6) is 0.926. The lowest BCUT2D eigenvalue weighted by atomic mass is 9.74. The summed E-state index contributed by atoms with van der Waals surface area (Å²) in [5.41, 5.74) is 1.12. The van der Waals surface area contributed by atoms with E-state index in [4.69, 9.17) is 9.47 Å². The van der Waals surface area contributed by atoms with Crippen LogP contribution in [0.15, 0.2) is 36.4 Å². The summed E-state index contributed by atoms with van der Waals surface area (Å²) in [6, 6.07) is 7.88. The third-order valence-electron chi connectivity index (χ3n) is 4.56. The molecule has 2 rings (SSSR count). The number of carbonyl (C=O) groups excluding carboxylic acids is 2. The van der Waals surface area contributed by atoms with E-state index >= 15 is 0 Å². The molecule has 130 valence electrons. The normalized spacial score (nSPS) is 19.2. The van der Waals surface area contributed by atoms with Gasteiger partial charge in [-0.1, -0.05) is 24.6 Å². The highest BCUT2D eigenvalue weighted by Gasteiger charge is 2.30. The lowest BCUT2D eigenvalue weighted by Crippen LogP contribution is -2.25. The Morgan fingerprint density at radius 2 is 2.04 bits per heavy atom. The van der Waals surface area contributed by atoms with Crippen molar-refractivity contribution in [3.8, 4) is 5.75 Å². The Labute approximate surface area is 143 Å². The van der Waals surface area contributed by atoms with E-state index in [9.17, 15) is 9.59 Å². The van der Waals surface area contributed by atoms with E-state index in [0.717, 1.165) is 30.6 Å². The minimum absolute atomic E-state index is 0.0268. The van der Waals surface area contributed by atoms with E-state index in [0.29, 0.717) is 25.2 Å². The zero-order chi connectivity index (χ0) is 17.4. The first-order valence-corrected chi connectivity index (χ1v) is 8.65. The van der Waals surface area contributed by atoms with E-state index in [-0.39, 0.29) is 17.8 Å². The highest BCUT2D eigenvalue weighted by Crippen LogP contribution is 2.37. The average molecular weight is 330 g/mol. The first kappa shape index (κ1) is 18.2. The molecule has 0 aromatic heterocycles. The predicted octanol–water partition coefficient (Wildman–Crippen LogP) is 4.05. The van der Waals surface area contributed by atoms with Crippen molar-refractivity contribution in [1.29, 1.82) is 0 Å². The van der Waals surface area contributed by atoms with Gasteiger partial charge in [-0.3, -0.25) is 4.79 Å². The van der Waals surface area contributed by atoms with E-state index < -0.39 is 0 Å². The van der Waals surface area contributed by atoms with Crippen LogP contribution >= 0.6 is 0 Å². The summed E-state index contributed by atoms with van der Waals surface area (Å²) in [5, 5.41) is 0. The number of carbonyl (C=O) groups is 2. The monoisotopic (exact) mass is 330 g/mol. The largest absolute Gasteiger partial charge is 0.497 e. The number of ether oxygens (including phenoxy) is 2. The Balaban J connectivity index is 2.16. The summed E-state index contributed by atoms with van der Waals surface area (Å²) in [6.07, 6.45) is 7.61. The molecule has 0 amide bonds. The van der Waals surface area contributed by atoms with Crippen molar-refractivity contribution >= 4 is 11.8 Å². The SMILES string of the molecule is CCOC(=O)/C=C/C[C@@H](c1ccc(OC)cc1)[C@@H]1CCCCC1=O. The fourth-order valence-electron chi connectivity index (χ4n) is 3.32. The first-order chi connectivity index (χ1) is 11.7. The van der Waals surface area contributed by atoms with Crippen LogP contribution < -0.4 is 4.74 Å². The predicted molar refractivity (Wildman–Crippen MR) is 93.1 cm³/mol. The Kier molecular flexibility index (Phi) is 7.04. The smallest absolute Gasteiger partial charge is 0.330 e. The molecule has 24 heavy (non-hydrogen) atoms. The van der Waals surface area contributed by atoms with Crippen LogP contribution in [0.5, 0.6) is 5.75 Å². The van der Waals surface area contributed by atoms with Crippen LogP contribution in [0.1, 0.15) is 50.5 Å². The molecule has 4 nitrogen and oxygen atoms in total. The molecule has 1 fully saturated rings. The van der Waals surface area contributed by atoms with Crippen LogP contribution in [-0.4, -0.2) is 25.5 Å². The molecule has 1 aromatic rings. The molecule has 0 N–H and O–H groups in total. The number of ketones is 1. The average Bonchev–Trinajstić information content (AvgIpc) is 2.60. The molecule has 0 unspecified atom stereocenters. The van der Waals surface area contributed by atoms with Gasteiger partial charge in [-0.15, -0.1) is 0 Å². The van der Waals surface area contributed by atoms with Crippen LogP contribution in [0.2, 0.25) is 0 Å². The maximum atomic E-state index is 12.4. The molecule has 0 bridgehead atoms. The van der Waals surface area contributed by atoms with Gasteiger partial charge < -0.3 is 9.47 Å². The molecule has 0 heterocycles. The highest BCUT2D eigenvalue weighted by molar-refractivity contribution is 5.83. The van der Waals surface area contributed by atoms with E-state index in [1.165, 1.54) is 6.08 Å². The van der Waals surface area contributed by atoms with Gasteiger partial charge in [0, 0.05) is 18.4 Å². The minimum Gasteiger partial charge on any atom is -0.497 e. The summed E-state index contributed by atoms with van der Waals surface area (Å²) in [7, 11) is 1.64. The van der Waals surface area contributed by atoms with Crippen LogP contribution in [0.3, 0.4) is 0 Å². The number of allylic oxidation sites excluding steroid dienone is 1. The fraction of sp³-hybridized carbons (Fsp3) is 0.500. The van der Waals surface area contributed by atoms with Crippen molar-refractivity contribution < 1.29 is 19.1 Å². The van der Waals surface area contributed by atoms with Crippen molar-refractivity contribution in [2.24, 2.45) is 5.92 Å². The molecule has 1 aromatic carbocycles. The van der Waals surface area contributed by atoms with E-state index in [2.05, 4.69) is 0 Å². The van der Waals surface area contributed by atoms with Gasteiger partial charge >= 0.3 is 5.97 Å². The van der Waals surface area contributed by atoms with Gasteiger partial charge in [0.1, 0.15) is 11.5 Å². The Bertz CT molecular complexity index is 574. The number of hydrogen-bond acceptors (Lipinski definition) is 4. The summed E-state index contributed by atoms with van der Waals surface area (Å²) in [6.45, 7) is 2.15. The van der Waals surface area contributed by atoms with Gasteiger partial charge in [0.25, 0.3) is 0 Å². The molecule has 1 aliphatic rings. The Morgan fingerprint density at radius 3 is 2.67 bits per heavy atom. The number of rotatable bonds is 7. The quantitative estimate of drug-likeness (QED) is 0.559. The van der Waals surface area contributed by atoms with Gasteiger partial charge in [-0.05, 0) is 49.8 Å². The number of esters is 1. The van der Waals surface area contributed by atoms with Gasteiger partial charge in [-0.25, -0.2) is 4.79 Å². The van der Waals surface area contributed by atoms with Gasteiger partial charge in [0.2, 0.25) is 0 Å². The zero-order valence-corrected chi connectivity index (χ0v) is 14.5. The standard InChI is InChI=1S/C20H26O4/c1-3-24-20(22)10-6-8-17(18-7-4-5-9-19(18)21)15-11-13-16(23-2)14-12-15/h6,10-14,17-18H,3-5,7-9H2,1-2H3/b10-6+/t17-,18-/m0/s1. The molecule has 1 saturated carbocycles. The molecule has 2 atom stereocenters. The molecule has 4 heteroatoms. The number of benzene rings is 1. The minimum atomic E-state index is -0.332. The molecule has 0 saturated heterocycles. The zero-order valence-electron chi connectivity index (χ0n) is 14.5. The van der Waals surface area contributed by atoms with Crippen molar-refractivity contribution in [2.45, 2.75) is 44.9 Å². The van der Waals surface area contributed by atoms with Crippen molar-refractivity contribution in [3.63, 3.8) is 0 Å². The second kappa shape index (κ2) is 9.26. The van der Waals surface area contributed by atoms with Crippen LogP contribution in [0.25, 0.3) is 0 Å². The van der Waals surface area contributed by atoms with E-state index in [1.54, 1.807) is 14.0 Å². The second-order valence-electron chi connectivity index (χ2n) is 6.09. The molecule has 1 aliphatic carbocycles. The maximum Gasteiger partial charge on any atom is 0.330 e. The highest BCUT2D eigenvalue weighted by atomic mass is 16.5. The van der Waals surface area contributed by atoms with Gasteiger partial charge in [0.15, 0.2) is 0 Å². The maximum absolute atomic E-state index is 12.4. The van der Waals surface area contributed by atoms with Crippen molar-refractivity contribution in [3.05, 3.63) is 42.0 Å². The Morgan fingerprint density at radius 1 is 1.29 bits per heavy atom. The molecule has 0 spiro atoms. The summed E-state index contributed by atoms with van der Waals surface area (Å²) in [4.78, 5) is 23.9. The number of methoxy groups -OCH3 is 1. The van der Waals surface area contributed by atoms with Crippen molar-refractivity contribution in [1.82, 2.24) is 0 Å². The third-order valence-corrected chi connectivity index (χ3v) is 4.56. The van der Waals surface area contributed by atoms with Gasteiger partial charge in [0.05, 0.1) is 13.7 Å². The molecule has 0 radical (unpaired) electrons. The number of Topliss-reactive ketones (excluding diaryl/α,β-unsaturated/α-hetero) is 1. The number of hydrogen-bond donors (Lipinski definition) is 0. The van der Waals surface area contributed by atoms with E-state index in [1.807, 2.05) is 30.3 Å². The van der Waals surface area contributed by atoms with Crippen LogP contribution in [-0.2, 0) is 14.3 Å². The summed E-state index contributed by atoms with van der Waals surface area (Å²) < 4.78 is 10.1. The van der Waals surface area contributed by atoms with Crippen LogP contribution in [0, 0.1) is 5.92 Å². The molecule has 0 aliphatic heterocycles. The second-order valence-corrected chi connectivity index (χ2v) is 6.09. The van der Waals surface area contributed by atoms with Gasteiger partial charge in [-0.2, -0.15) is 0 Å². The molecular formula is C20H26O4. The van der Waals surface area contributed by atoms with Crippen molar-refractivity contribution in [2.75, 3.05) is 13.7 Å². The lowest BCUT2D eigenvalue weighted by molar-refractivity contribution is -0.137. The van der Waals surface area contributed by atoms with Crippen LogP contribution in [0.4, 0.5) is 0 Å². The third kappa shape index (κ3) is 4.95. The first-order valence-electron chi connectivity index (χ1n) is 8.65.